The van der Waals surface area contributed by atoms with E-state index >= 15 is 0 Å². The number of hydrogen-bond acceptors (Lipinski definition) is 5. The van der Waals surface area contributed by atoms with E-state index in [2.05, 4.69) is 14.9 Å². The molecular weight excluding hydrogens is 294 g/mol. The number of rotatable bonds is 10. The maximum atomic E-state index is 12.1. The SMILES string of the molecule is CCNCc1cc(S(=O)(=O)NCCCCN(C)C)cs1. The van der Waals surface area contributed by atoms with E-state index in [4.69, 9.17) is 0 Å². The van der Waals surface area contributed by atoms with Crippen LogP contribution in [0.2, 0.25) is 0 Å². The zero-order chi connectivity index (χ0) is 15.0. The number of nitrogens with zero attached hydrogens (tertiary/aromatic N) is 1. The van der Waals surface area contributed by atoms with Gasteiger partial charge in [-0.25, -0.2) is 13.1 Å². The van der Waals surface area contributed by atoms with Crippen molar-refractivity contribution in [3.63, 3.8) is 0 Å². The Kier molecular flexibility index (Phi) is 7.68. The van der Waals surface area contributed by atoms with E-state index in [1.54, 1.807) is 11.4 Å². The monoisotopic (exact) mass is 319 g/mol. The van der Waals surface area contributed by atoms with Gasteiger partial charge < -0.3 is 10.2 Å². The standard InChI is InChI=1S/C13H25N3O2S2/c1-4-14-10-12-9-13(11-19-12)20(17,18)15-7-5-6-8-16(2)3/h9,11,14-15H,4-8,10H2,1-3H3. The molecule has 0 aliphatic carbocycles. The summed E-state index contributed by atoms with van der Waals surface area (Å²) in [5, 5.41) is 4.89. The second-order valence-corrected chi connectivity index (χ2v) is 7.70. The van der Waals surface area contributed by atoms with Crippen molar-refractivity contribution in [3.05, 3.63) is 16.3 Å². The van der Waals surface area contributed by atoms with Crippen LogP contribution >= 0.6 is 11.3 Å². The molecule has 0 aromatic carbocycles. The quantitative estimate of drug-likeness (QED) is 0.641. The molecule has 0 atom stereocenters. The van der Waals surface area contributed by atoms with E-state index in [0.29, 0.717) is 11.4 Å². The minimum absolute atomic E-state index is 0.378. The van der Waals surface area contributed by atoms with Gasteiger partial charge in [0.2, 0.25) is 10.0 Å². The molecule has 0 aliphatic heterocycles. The Morgan fingerprint density at radius 2 is 2.05 bits per heavy atom. The Bertz CT molecular complexity index is 484. The van der Waals surface area contributed by atoms with E-state index in [9.17, 15) is 8.42 Å². The molecule has 0 saturated carbocycles. The summed E-state index contributed by atoms with van der Waals surface area (Å²) >= 11 is 1.48. The van der Waals surface area contributed by atoms with Gasteiger partial charge in [-0.05, 0) is 46.1 Å². The first-order valence-electron chi connectivity index (χ1n) is 6.88. The van der Waals surface area contributed by atoms with Gasteiger partial charge in [0.15, 0.2) is 0 Å². The lowest BCUT2D eigenvalue weighted by molar-refractivity contribution is 0.394. The third-order valence-corrected chi connectivity index (χ3v) is 5.34. The average molecular weight is 319 g/mol. The molecule has 0 radical (unpaired) electrons. The van der Waals surface area contributed by atoms with Crippen molar-refractivity contribution in [3.8, 4) is 0 Å². The van der Waals surface area contributed by atoms with Crippen LogP contribution in [0.25, 0.3) is 0 Å². The van der Waals surface area contributed by atoms with Crippen molar-refractivity contribution in [1.29, 1.82) is 0 Å². The molecule has 7 heteroatoms. The fourth-order valence-corrected chi connectivity index (χ4v) is 4.00. The van der Waals surface area contributed by atoms with E-state index in [0.717, 1.165) is 37.4 Å². The van der Waals surface area contributed by atoms with Crippen LogP contribution in [0.4, 0.5) is 0 Å². The molecule has 0 aliphatic rings. The zero-order valence-corrected chi connectivity index (χ0v) is 14.1. The Morgan fingerprint density at radius 1 is 1.30 bits per heavy atom. The fourth-order valence-electron chi connectivity index (χ4n) is 1.69. The molecule has 2 N–H and O–H groups in total. The van der Waals surface area contributed by atoms with Gasteiger partial charge in [-0.2, -0.15) is 0 Å². The van der Waals surface area contributed by atoms with E-state index < -0.39 is 10.0 Å². The minimum Gasteiger partial charge on any atom is -0.312 e. The highest BCUT2D eigenvalue weighted by Crippen LogP contribution is 2.19. The number of hydrogen-bond donors (Lipinski definition) is 2. The van der Waals surface area contributed by atoms with Gasteiger partial charge in [0.25, 0.3) is 0 Å². The summed E-state index contributed by atoms with van der Waals surface area (Å²) in [6, 6.07) is 1.75. The topological polar surface area (TPSA) is 61.4 Å². The van der Waals surface area contributed by atoms with Crippen molar-refractivity contribution >= 4 is 21.4 Å². The Morgan fingerprint density at radius 3 is 2.70 bits per heavy atom. The normalized spacial score (nSPS) is 12.2. The molecule has 0 saturated heterocycles. The van der Waals surface area contributed by atoms with Crippen molar-refractivity contribution in [2.45, 2.75) is 31.2 Å². The highest BCUT2D eigenvalue weighted by molar-refractivity contribution is 7.89. The van der Waals surface area contributed by atoms with Gasteiger partial charge in [0.1, 0.15) is 0 Å². The summed E-state index contributed by atoms with van der Waals surface area (Å²) < 4.78 is 26.8. The maximum absolute atomic E-state index is 12.1. The van der Waals surface area contributed by atoms with E-state index in [-0.39, 0.29) is 0 Å². The summed E-state index contributed by atoms with van der Waals surface area (Å²) in [7, 11) is 0.684. The molecule has 5 nitrogen and oxygen atoms in total. The number of sulfonamides is 1. The summed E-state index contributed by atoms with van der Waals surface area (Å²) in [5.41, 5.74) is 0. The lowest BCUT2D eigenvalue weighted by Crippen LogP contribution is -2.25. The molecule has 0 unspecified atom stereocenters. The number of thiophene rings is 1. The molecule has 0 bridgehead atoms. The van der Waals surface area contributed by atoms with Crippen LogP contribution in [0.1, 0.15) is 24.6 Å². The van der Waals surface area contributed by atoms with Crippen LogP contribution in [0.3, 0.4) is 0 Å². The Hall–Kier alpha value is -0.470. The molecule has 1 rings (SSSR count). The predicted molar refractivity (Wildman–Crippen MR) is 84.7 cm³/mol. The molecule has 0 spiro atoms. The summed E-state index contributed by atoms with van der Waals surface area (Å²) in [4.78, 5) is 3.52. The average Bonchev–Trinajstić information content (AvgIpc) is 2.85. The second kappa shape index (κ2) is 8.74. The lowest BCUT2D eigenvalue weighted by Gasteiger charge is -2.09. The largest absolute Gasteiger partial charge is 0.312 e. The molecule has 1 aromatic rings. The molecule has 1 aromatic heterocycles. The first-order valence-corrected chi connectivity index (χ1v) is 9.24. The van der Waals surface area contributed by atoms with Gasteiger partial charge in [-0.1, -0.05) is 6.92 Å². The first kappa shape index (κ1) is 17.6. The van der Waals surface area contributed by atoms with Gasteiger partial charge in [0, 0.05) is 23.3 Å². The van der Waals surface area contributed by atoms with Crippen molar-refractivity contribution in [1.82, 2.24) is 14.9 Å². The molecule has 116 valence electrons. The third kappa shape index (κ3) is 6.32. The van der Waals surface area contributed by atoms with Crippen LogP contribution in [0, 0.1) is 0 Å². The van der Waals surface area contributed by atoms with Gasteiger partial charge >= 0.3 is 0 Å². The zero-order valence-electron chi connectivity index (χ0n) is 12.5. The van der Waals surface area contributed by atoms with Crippen LogP contribution < -0.4 is 10.0 Å². The second-order valence-electron chi connectivity index (χ2n) is 4.94. The molecule has 1 heterocycles. The van der Waals surface area contributed by atoms with Crippen molar-refractivity contribution in [2.24, 2.45) is 0 Å². The van der Waals surface area contributed by atoms with E-state index in [1.165, 1.54) is 11.3 Å². The van der Waals surface area contributed by atoms with Crippen LogP contribution in [-0.2, 0) is 16.6 Å². The van der Waals surface area contributed by atoms with Crippen LogP contribution in [-0.4, -0.2) is 47.0 Å². The summed E-state index contributed by atoms with van der Waals surface area (Å²) in [5.74, 6) is 0. The number of unbranched alkanes of at least 4 members (excludes halogenated alkanes) is 1. The predicted octanol–water partition coefficient (Wildman–Crippen LogP) is 1.48. The Balaban J connectivity index is 2.41. The highest BCUT2D eigenvalue weighted by Gasteiger charge is 2.15. The summed E-state index contributed by atoms with van der Waals surface area (Å²) in [6.45, 7) is 5.10. The molecular formula is C13H25N3O2S2. The first-order chi connectivity index (χ1) is 9.45. The smallest absolute Gasteiger partial charge is 0.241 e. The number of nitrogens with one attached hydrogen (secondary N) is 2. The van der Waals surface area contributed by atoms with Crippen molar-refractivity contribution < 1.29 is 8.42 Å². The maximum Gasteiger partial charge on any atom is 0.241 e. The Labute approximate surface area is 126 Å². The highest BCUT2D eigenvalue weighted by atomic mass is 32.2. The summed E-state index contributed by atoms with van der Waals surface area (Å²) in [6.07, 6.45) is 1.84. The third-order valence-electron chi connectivity index (χ3n) is 2.81. The molecule has 0 fully saturated rings. The van der Waals surface area contributed by atoms with Crippen molar-refractivity contribution in [2.75, 3.05) is 33.7 Å². The van der Waals surface area contributed by atoms with Gasteiger partial charge in [0.05, 0.1) is 4.90 Å². The van der Waals surface area contributed by atoms with E-state index in [1.807, 2.05) is 21.0 Å². The van der Waals surface area contributed by atoms with Crippen LogP contribution in [0.15, 0.2) is 16.3 Å². The van der Waals surface area contributed by atoms with Crippen LogP contribution in [0.5, 0.6) is 0 Å². The molecule has 20 heavy (non-hydrogen) atoms. The fraction of sp³-hybridized carbons (Fsp3) is 0.692. The van der Waals surface area contributed by atoms with Gasteiger partial charge in [-0.15, -0.1) is 11.3 Å². The lowest BCUT2D eigenvalue weighted by atomic mass is 10.3. The molecule has 0 amide bonds. The minimum atomic E-state index is -3.35. The van der Waals surface area contributed by atoms with Gasteiger partial charge in [-0.3, -0.25) is 0 Å².